The number of benzene rings is 1. The molecule has 7 heteroatoms. The number of carboxylic acid groups (broad SMARTS) is 1. The predicted octanol–water partition coefficient (Wildman–Crippen LogP) is 3.58. The summed E-state index contributed by atoms with van der Waals surface area (Å²) in [5.74, 6) is -1.86. The van der Waals surface area contributed by atoms with Crippen LogP contribution in [0.15, 0.2) is 28.7 Å². The minimum Gasteiger partial charge on any atom is -0.476 e. The quantitative estimate of drug-likeness (QED) is 0.872. The number of nitrogen functional groups attached to an aromatic ring is 1. The Kier molecular flexibility index (Phi) is 3.73. The topological polar surface area (TPSA) is 76.2 Å². The second kappa shape index (κ2) is 5.14. The number of carbonyl (C=O) groups is 1. The van der Waals surface area contributed by atoms with Crippen LogP contribution in [0.3, 0.4) is 0 Å². The van der Waals surface area contributed by atoms with Crippen LogP contribution < -0.4 is 5.73 Å². The van der Waals surface area contributed by atoms with Crippen LogP contribution in [0.5, 0.6) is 0 Å². The van der Waals surface area contributed by atoms with Gasteiger partial charge in [-0.25, -0.2) is 14.2 Å². The fraction of sp³-hybridized carbons (Fsp3) is 0. The predicted molar refractivity (Wildman–Crippen MR) is 73.7 cm³/mol. The molecule has 1 aromatic heterocycles. The summed E-state index contributed by atoms with van der Waals surface area (Å²) in [6.45, 7) is 0. The van der Waals surface area contributed by atoms with Crippen LogP contribution in [0.25, 0.3) is 11.3 Å². The zero-order valence-electron chi connectivity index (χ0n) is 9.32. The van der Waals surface area contributed by atoms with Crippen LogP contribution in [0.2, 0.25) is 5.02 Å². The number of nitrogens with two attached hydrogens (primary N) is 1. The van der Waals surface area contributed by atoms with Crippen molar-refractivity contribution in [2.45, 2.75) is 0 Å². The van der Waals surface area contributed by atoms with Crippen molar-refractivity contribution in [1.82, 2.24) is 4.98 Å². The molecule has 0 unspecified atom stereocenters. The summed E-state index contributed by atoms with van der Waals surface area (Å²) in [5, 5.41) is 8.81. The molecule has 0 fully saturated rings. The minimum absolute atomic E-state index is 0.0337. The molecule has 0 amide bonds. The van der Waals surface area contributed by atoms with Crippen LogP contribution in [0.4, 0.5) is 10.1 Å². The average molecular weight is 346 g/mol. The smallest absolute Gasteiger partial charge is 0.356 e. The highest BCUT2D eigenvalue weighted by Crippen LogP contribution is 2.30. The third kappa shape index (κ3) is 2.69. The van der Waals surface area contributed by atoms with E-state index in [1.807, 2.05) is 0 Å². The van der Waals surface area contributed by atoms with E-state index in [4.69, 9.17) is 22.4 Å². The molecule has 2 aromatic rings. The van der Waals surface area contributed by atoms with Crippen LogP contribution in [0, 0.1) is 5.82 Å². The van der Waals surface area contributed by atoms with E-state index in [1.165, 1.54) is 18.2 Å². The molecule has 0 saturated carbocycles. The van der Waals surface area contributed by atoms with Crippen LogP contribution in [0.1, 0.15) is 10.5 Å². The Hall–Kier alpha value is -1.66. The molecule has 4 nitrogen and oxygen atoms in total. The van der Waals surface area contributed by atoms with E-state index in [9.17, 15) is 9.18 Å². The third-order valence-electron chi connectivity index (χ3n) is 2.40. The van der Waals surface area contributed by atoms with Crippen molar-refractivity contribution in [1.29, 1.82) is 0 Å². The number of anilines is 1. The monoisotopic (exact) mass is 344 g/mol. The first-order valence-electron chi connectivity index (χ1n) is 5.05. The maximum absolute atomic E-state index is 13.8. The lowest BCUT2D eigenvalue weighted by Crippen LogP contribution is -2.05. The van der Waals surface area contributed by atoms with Crippen LogP contribution in [-0.4, -0.2) is 16.1 Å². The molecule has 0 atom stereocenters. The number of rotatable bonds is 2. The van der Waals surface area contributed by atoms with Gasteiger partial charge in [-0.2, -0.15) is 0 Å². The van der Waals surface area contributed by atoms with E-state index in [1.54, 1.807) is 6.07 Å². The Morgan fingerprint density at radius 3 is 2.68 bits per heavy atom. The van der Waals surface area contributed by atoms with Gasteiger partial charge in [0.25, 0.3) is 0 Å². The number of aromatic nitrogens is 1. The zero-order chi connectivity index (χ0) is 14.2. The van der Waals surface area contributed by atoms with Gasteiger partial charge in [0.15, 0.2) is 5.69 Å². The van der Waals surface area contributed by atoms with E-state index in [-0.39, 0.29) is 22.0 Å². The standard InChI is InChI=1S/C12H7BrClFN2O2/c13-5-1-2-6(7(15)3-5)9-4-8(16)10(14)11(17-9)12(18)19/h1-4H,(H2,16,17)(H,18,19). The molecule has 0 aliphatic heterocycles. The number of nitrogens with zero attached hydrogens (tertiary/aromatic N) is 1. The lowest BCUT2D eigenvalue weighted by Gasteiger charge is -2.08. The molecule has 1 heterocycles. The van der Waals surface area contributed by atoms with Crippen LogP contribution >= 0.6 is 27.5 Å². The highest BCUT2D eigenvalue weighted by atomic mass is 79.9. The number of carboxylic acids is 1. The maximum atomic E-state index is 13.8. The summed E-state index contributed by atoms with van der Waals surface area (Å²) < 4.78 is 14.4. The Labute approximate surface area is 121 Å². The molecule has 2 rings (SSSR count). The summed E-state index contributed by atoms with van der Waals surface area (Å²) in [4.78, 5) is 14.8. The minimum atomic E-state index is -1.32. The van der Waals surface area contributed by atoms with Crippen molar-refractivity contribution >= 4 is 39.2 Å². The first kappa shape index (κ1) is 13.8. The van der Waals surface area contributed by atoms with Gasteiger partial charge in [0.05, 0.1) is 16.4 Å². The van der Waals surface area contributed by atoms with Crippen molar-refractivity contribution < 1.29 is 14.3 Å². The fourth-order valence-electron chi connectivity index (χ4n) is 1.53. The van der Waals surface area contributed by atoms with E-state index < -0.39 is 17.5 Å². The Morgan fingerprint density at radius 1 is 1.42 bits per heavy atom. The van der Waals surface area contributed by atoms with Gasteiger partial charge in [0.1, 0.15) is 5.82 Å². The van der Waals surface area contributed by atoms with Crippen molar-refractivity contribution in [3.8, 4) is 11.3 Å². The summed E-state index contributed by atoms with van der Waals surface area (Å²) in [7, 11) is 0. The highest BCUT2D eigenvalue weighted by molar-refractivity contribution is 9.10. The van der Waals surface area contributed by atoms with Crippen molar-refractivity contribution in [2.75, 3.05) is 5.73 Å². The normalized spacial score (nSPS) is 10.5. The Balaban J connectivity index is 2.66. The second-order valence-electron chi connectivity index (χ2n) is 3.69. The van der Waals surface area contributed by atoms with E-state index in [0.29, 0.717) is 4.47 Å². The number of pyridine rings is 1. The van der Waals surface area contributed by atoms with Gasteiger partial charge in [0, 0.05) is 10.0 Å². The molecule has 0 radical (unpaired) electrons. The number of aromatic carboxylic acids is 1. The zero-order valence-corrected chi connectivity index (χ0v) is 11.7. The number of hydrogen-bond acceptors (Lipinski definition) is 3. The SMILES string of the molecule is Nc1cc(-c2ccc(Br)cc2F)nc(C(=O)O)c1Cl. The van der Waals surface area contributed by atoms with Crippen molar-refractivity contribution in [3.05, 3.63) is 45.3 Å². The van der Waals surface area contributed by atoms with Crippen LogP contribution in [-0.2, 0) is 0 Å². The molecule has 3 N–H and O–H groups in total. The first-order valence-corrected chi connectivity index (χ1v) is 6.22. The molecule has 98 valence electrons. The van der Waals surface area contributed by atoms with Gasteiger partial charge < -0.3 is 10.8 Å². The molecule has 0 saturated heterocycles. The van der Waals surface area contributed by atoms with Crippen molar-refractivity contribution in [2.24, 2.45) is 0 Å². The van der Waals surface area contributed by atoms with Gasteiger partial charge in [-0.3, -0.25) is 0 Å². The Morgan fingerprint density at radius 2 is 2.11 bits per heavy atom. The summed E-state index contributed by atoms with van der Waals surface area (Å²) in [5.41, 5.74) is 5.50. The molecule has 0 spiro atoms. The molecule has 1 aromatic carbocycles. The summed E-state index contributed by atoms with van der Waals surface area (Å²) in [6.07, 6.45) is 0. The summed E-state index contributed by atoms with van der Waals surface area (Å²) >= 11 is 8.88. The van der Waals surface area contributed by atoms with Gasteiger partial charge in [-0.05, 0) is 24.3 Å². The van der Waals surface area contributed by atoms with E-state index in [0.717, 1.165) is 0 Å². The Bertz CT molecular complexity index is 679. The molecule has 0 bridgehead atoms. The lowest BCUT2D eigenvalue weighted by atomic mass is 10.1. The molecule has 0 aliphatic carbocycles. The fourth-order valence-corrected chi connectivity index (χ4v) is 2.04. The van der Waals surface area contributed by atoms with Gasteiger partial charge in [-0.1, -0.05) is 27.5 Å². The first-order chi connectivity index (χ1) is 8.90. The molecular weight excluding hydrogens is 338 g/mol. The maximum Gasteiger partial charge on any atom is 0.356 e. The van der Waals surface area contributed by atoms with Crippen molar-refractivity contribution in [3.63, 3.8) is 0 Å². The molecule has 0 aliphatic rings. The largest absolute Gasteiger partial charge is 0.476 e. The second-order valence-corrected chi connectivity index (χ2v) is 4.98. The van der Waals surface area contributed by atoms with Gasteiger partial charge in [0.2, 0.25) is 0 Å². The molecular formula is C12H7BrClFN2O2. The third-order valence-corrected chi connectivity index (χ3v) is 3.29. The lowest BCUT2D eigenvalue weighted by molar-refractivity contribution is 0.0691. The average Bonchev–Trinajstić information content (AvgIpc) is 2.32. The van der Waals surface area contributed by atoms with E-state index in [2.05, 4.69) is 20.9 Å². The number of hydrogen-bond donors (Lipinski definition) is 2. The number of halogens is 3. The van der Waals surface area contributed by atoms with Gasteiger partial charge in [-0.15, -0.1) is 0 Å². The molecule has 19 heavy (non-hydrogen) atoms. The van der Waals surface area contributed by atoms with Gasteiger partial charge >= 0.3 is 5.97 Å². The highest BCUT2D eigenvalue weighted by Gasteiger charge is 2.17. The summed E-state index contributed by atoms with van der Waals surface area (Å²) in [6, 6.07) is 5.68. The van der Waals surface area contributed by atoms with E-state index >= 15 is 0 Å².